The van der Waals surface area contributed by atoms with Crippen molar-refractivity contribution in [2.75, 3.05) is 12.4 Å². The molecule has 0 atom stereocenters. The van der Waals surface area contributed by atoms with Gasteiger partial charge in [-0.25, -0.2) is 25.9 Å². The van der Waals surface area contributed by atoms with Gasteiger partial charge in [-0.2, -0.15) is 0 Å². The highest BCUT2D eigenvalue weighted by molar-refractivity contribution is 7.90. The lowest BCUT2D eigenvalue weighted by Crippen LogP contribution is -2.40. The van der Waals surface area contributed by atoms with E-state index < -0.39 is 37.4 Å². The highest BCUT2D eigenvalue weighted by Gasteiger charge is 2.39. The Labute approximate surface area is 175 Å². The molecule has 0 aromatic heterocycles. The minimum Gasteiger partial charge on any atom is -0.322 e. The molecular formula is C19H21N3O6S2. The fourth-order valence-corrected chi connectivity index (χ4v) is 5.67. The van der Waals surface area contributed by atoms with Gasteiger partial charge in [0, 0.05) is 23.8 Å². The van der Waals surface area contributed by atoms with E-state index in [-0.39, 0.29) is 26.6 Å². The Morgan fingerprint density at radius 3 is 2.37 bits per heavy atom. The van der Waals surface area contributed by atoms with Crippen LogP contribution in [0.2, 0.25) is 0 Å². The van der Waals surface area contributed by atoms with Gasteiger partial charge in [0.1, 0.15) is 4.90 Å². The second-order valence-corrected chi connectivity index (χ2v) is 11.4. The number of amides is 2. The molecule has 0 saturated heterocycles. The number of carbonyl (C=O) groups excluding carboxylic acids is 2. The Bertz CT molecular complexity index is 1260. The molecule has 1 aliphatic rings. The second-order valence-electron chi connectivity index (χ2n) is 7.83. The Balaban J connectivity index is 1.88. The molecule has 160 valence electrons. The van der Waals surface area contributed by atoms with Gasteiger partial charge in [-0.05, 0) is 57.2 Å². The minimum absolute atomic E-state index is 0.00426. The molecule has 0 radical (unpaired) electrons. The predicted octanol–water partition coefficient (Wildman–Crippen LogP) is 1.79. The van der Waals surface area contributed by atoms with Crippen molar-refractivity contribution in [1.82, 2.24) is 9.03 Å². The van der Waals surface area contributed by atoms with Crippen molar-refractivity contribution < 1.29 is 26.4 Å². The molecule has 1 aliphatic heterocycles. The standard InChI is InChI=1S/C19H21N3O6S2/c1-19(2,3)21-29(25,26)14-7-5-6-13(11-14)20-17(23)12-8-9-15-16(10-12)30(27,28)22(4)18(15)24/h5-11,21H,1-4H3,(H,20,23). The van der Waals surface area contributed by atoms with Gasteiger partial charge >= 0.3 is 0 Å². The smallest absolute Gasteiger partial charge is 0.268 e. The second kappa shape index (κ2) is 7.18. The number of sulfonamides is 2. The summed E-state index contributed by atoms with van der Waals surface area (Å²) in [7, 11) is -6.64. The number of nitrogens with one attached hydrogen (secondary N) is 2. The zero-order valence-corrected chi connectivity index (χ0v) is 18.4. The van der Waals surface area contributed by atoms with Crippen molar-refractivity contribution in [3.05, 3.63) is 53.6 Å². The molecule has 2 aromatic rings. The third-order valence-electron chi connectivity index (χ3n) is 4.24. The molecule has 9 nitrogen and oxygen atoms in total. The van der Waals surface area contributed by atoms with E-state index >= 15 is 0 Å². The Morgan fingerprint density at radius 2 is 1.73 bits per heavy atom. The average molecular weight is 452 g/mol. The third kappa shape index (κ3) is 4.09. The van der Waals surface area contributed by atoms with Crippen molar-refractivity contribution >= 4 is 37.5 Å². The summed E-state index contributed by atoms with van der Waals surface area (Å²) < 4.78 is 52.7. The van der Waals surface area contributed by atoms with E-state index in [1.807, 2.05) is 0 Å². The quantitative estimate of drug-likeness (QED) is 0.729. The maximum atomic E-state index is 12.6. The molecule has 0 fully saturated rings. The Hall–Kier alpha value is -2.76. The predicted molar refractivity (Wildman–Crippen MR) is 110 cm³/mol. The molecule has 2 aromatic carbocycles. The Kier molecular flexibility index (Phi) is 5.25. The molecule has 0 aliphatic carbocycles. The zero-order valence-electron chi connectivity index (χ0n) is 16.8. The lowest BCUT2D eigenvalue weighted by atomic mass is 10.1. The SMILES string of the molecule is CN1C(=O)c2ccc(C(=O)Nc3cccc(S(=O)(=O)NC(C)(C)C)c3)cc2S1(=O)=O. The number of carbonyl (C=O) groups is 2. The molecule has 0 saturated carbocycles. The molecule has 30 heavy (non-hydrogen) atoms. The van der Waals surface area contributed by atoms with Crippen LogP contribution in [0.1, 0.15) is 41.5 Å². The lowest BCUT2D eigenvalue weighted by molar-refractivity contribution is 0.0890. The molecule has 0 bridgehead atoms. The summed E-state index contributed by atoms with van der Waals surface area (Å²) in [5.74, 6) is -1.31. The van der Waals surface area contributed by atoms with E-state index in [1.165, 1.54) is 36.4 Å². The number of hydrogen-bond acceptors (Lipinski definition) is 6. The Morgan fingerprint density at radius 1 is 1.07 bits per heavy atom. The van der Waals surface area contributed by atoms with Crippen LogP contribution < -0.4 is 10.0 Å². The van der Waals surface area contributed by atoms with Crippen LogP contribution in [0, 0.1) is 0 Å². The highest BCUT2D eigenvalue weighted by atomic mass is 32.2. The van der Waals surface area contributed by atoms with Gasteiger partial charge in [-0.1, -0.05) is 6.07 Å². The van der Waals surface area contributed by atoms with E-state index in [9.17, 15) is 26.4 Å². The number of fused-ring (bicyclic) bond motifs is 1. The average Bonchev–Trinajstić information content (AvgIpc) is 2.80. The molecule has 2 N–H and O–H groups in total. The van der Waals surface area contributed by atoms with Crippen molar-refractivity contribution in [2.24, 2.45) is 0 Å². The van der Waals surface area contributed by atoms with Crippen LogP contribution in [0.25, 0.3) is 0 Å². The fourth-order valence-electron chi connectivity index (χ4n) is 2.89. The summed E-state index contributed by atoms with van der Waals surface area (Å²) in [6.07, 6.45) is 0. The maximum absolute atomic E-state index is 12.6. The fraction of sp³-hybridized carbons (Fsp3) is 0.263. The van der Waals surface area contributed by atoms with E-state index in [1.54, 1.807) is 20.8 Å². The molecule has 1 heterocycles. The summed E-state index contributed by atoms with van der Waals surface area (Å²) in [5.41, 5.74) is -0.455. The first-order valence-electron chi connectivity index (χ1n) is 8.85. The van der Waals surface area contributed by atoms with Crippen molar-refractivity contribution in [1.29, 1.82) is 0 Å². The van der Waals surface area contributed by atoms with Gasteiger partial charge in [0.2, 0.25) is 10.0 Å². The first-order chi connectivity index (χ1) is 13.7. The van der Waals surface area contributed by atoms with E-state index in [4.69, 9.17) is 0 Å². The summed E-state index contributed by atoms with van der Waals surface area (Å²) in [6.45, 7) is 5.13. The first kappa shape index (κ1) is 21.9. The largest absolute Gasteiger partial charge is 0.322 e. The lowest BCUT2D eigenvalue weighted by Gasteiger charge is -2.20. The number of rotatable bonds is 4. The molecule has 0 spiro atoms. The van der Waals surface area contributed by atoms with Gasteiger partial charge in [0.05, 0.1) is 10.5 Å². The van der Waals surface area contributed by atoms with Crippen LogP contribution in [0.5, 0.6) is 0 Å². The van der Waals surface area contributed by atoms with Gasteiger partial charge < -0.3 is 5.32 Å². The van der Waals surface area contributed by atoms with E-state index in [0.717, 1.165) is 13.1 Å². The minimum atomic E-state index is -3.99. The topological polar surface area (TPSA) is 130 Å². The summed E-state index contributed by atoms with van der Waals surface area (Å²) in [6, 6.07) is 9.43. The van der Waals surface area contributed by atoms with Gasteiger partial charge in [-0.15, -0.1) is 0 Å². The van der Waals surface area contributed by atoms with Crippen molar-refractivity contribution in [3.8, 4) is 0 Å². The number of nitrogens with zero attached hydrogens (tertiary/aromatic N) is 1. The number of hydrogen-bond donors (Lipinski definition) is 2. The molecule has 2 amide bonds. The van der Waals surface area contributed by atoms with E-state index in [2.05, 4.69) is 10.0 Å². The first-order valence-corrected chi connectivity index (χ1v) is 11.8. The van der Waals surface area contributed by atoms with Crippen LogP contribution in [0.15, 0.2) is 52.3 Å². The zero-order chi connectivity index (χ0) is 22.5. The number of anilines is 1. The summed E-state index contributed by atoms with van der Waals surface area (Å²) in [4.78, 5) is 24.3. The van der Waals surface area contributed by atoms with Gasteiger partial charge in [-0.3, -0.25) is 9.59 Å². The highest BCUT2D eigenvalue weighted by Crippen LogP contribution is 2.30. The van der Waals surface area contributed by atoms with Crippen LogP contribution in [0.4, 0.5) is 5.69 Å². The van der Waals surface area contributed by atoms with Crippen LogP contribution in [-0.4, -0.2) is 45.5 Å². The van der Waals surface area contributed by atoms with E-state index in [0.29, 0.717) is 4.31 Å². The molecular weight excluding hydrogens is 430 g/mol. The van der Waals surface area contributed by atoms with Crippen molar-refractivity contribution in [2.45, 2.75) is 36.1 Å². The van der Waals surface area contributed by atoms with Gasteiger partial charge in [0.25, 0.3) is 21.8 Å². The summed E-state index contributed by atoms with van der Waals surface area (Å²) >= 11 is 0. The normalized spacial score (nSPS) is 15.7. The number of benzene rings is 2. The molecule has 11 heteroatoms. The van der Waals surface area contributed by atoms with Crippen molar-refractivity contribution in [3.63, 3.8) is 0 Å². The summed E-state index contributed by atoms with van der Waals surface area (Å²) in [5, 5.41) is 2.55. The van der Waals surface area contributed by atoms with Crippen LogP contribution in [0.3, 0.4) is 0 Å². The van der Waals surface area contributed by atoms with Gasteiger partial charge in [0.15, 0.2) is 0 Å². The maximum Gasteiger partial charge on any atom is 0.268 e. The van der Waals surface area contributed by atoms with Crippen LogP contribution >= 0.6 is 0 Å². The monoisotopic (exact) mass is 451 g/mol. The third-order valence-corrected chi connectivity index (χ3v) is 7.78. The van der Waals surface area contributed by atoms with Crippen LogP contribution in [-0.2, 0) is 20.0 Å². The molecule has 0 unspecified atom stereocenters. The molecule has 3 rings (SSSR count).